The van der Waals surface area contributed by atoms with Gasteiger partial charge in [0.2, 0.25) is 0 Å². The van der Waals surface area contributed by atoms with E-state index in [0.717, 1.165) is 67.0 Å². The van der Waals surface area contributed by atoms with Crippen molar-refractivity contribution in [2.75, 3.05) is 24.7 Å². The van der Waals surface area contributed by atoms with E-state index < -0.39 is 0 Å². The molecule has 3 aromatic rings. The zero-order valence-electron chi connectivity index (χ0n) is 22.7. The fourth-order valence-corrected chi connectivity index (χ4v) is 3.96. The van der Waals surface area contributed by atoms with Gasteiger partial charge in [0.1, 0.15) is 11.5 Å². The molecule has 3 rings (SSSR count). The van der Waals surface area contributed by atoms with Crippen LogP contribution in [0.1, 0.15) is 64.9 Å². The Kier molecular flexibility index (Phi) is 11.9. The second kappa shape index (κ2) is 15.6. The van der Waals surface area contributed by atoms with E-state index in [1.807, 2.05) is 71.6 Å². The van der Waals surface area contributed by atoms with E-state index in [4.69, 9.17) is 9.47 Å². The molecule has 0 fully saturated rings. The van der Waals surface area contributed by atoms with E-state index in [0.29, 0.717) is 26.3 Å². The van der Waals surface area contributed by atoms with Crippen LogP contribution in [-0.4, -0.2) is 30.7 Å². The maximum absolute atomic E-state index is 14.1. The monoisotopic (exact) mass is 502 g/mol. The summed E-state index contributed by atoms with van der Waals surface area (Å²) in [6, 6.07) is 25.8. The number of carbonyl (C=O) groups is 1. The molecule has 0 heterocycles. The summed E-state index contributed by atoms with van der Waals surface area (Å²) in [4.78, 5) is 17.9. The molecule has 2 amide bonds. The van der Waals surface area contributed by atoms with Crippen molar-refractivity contribution < 1.29 is 14.3 Å². The average Bonchev–Trinajstić information content (AvgIpc) is 2.93. The van der Waals surface area contributed by atoms with Crippen molar-refractivity contribution in [1.82, 2.24) is 4.90 Å². The number of rotatable bonds is 15. The normalized spacial score (nSPS) is 10.7. The van der Waals surface area contributed by atoms with Gasteiger partial charge in [-0.2, -0.15) is 0 Å². The lowest BCUT2D eigenvalue weighted by Gasteiger charge is -2.31. The molecule has 0 saturated heterocycles. The molecule has 0 atom stereocenters. The van der Waals surface area contributed by atoms with Gasteiger partial charge in [-0.15, -0.1) is 0 Å². The quantitative estimate of drug-likeness (QED) is 0.195. The predicted molar refractivity (Wildman–Crippen MR) is 153 cm³/mol. The summed E-state index contributed by atoms with van der Waals surface area (Å²) in [6.45, 7) is 9.09. The lowest BCUT2D eigenvalue weighted by Crippen LogP contribution is -2.41. The van der Waals surface area contributed by atoms with Gasteiger partial charge in [-0.1, -0.05) is 70.4 Å². The highest BCUT2D eigenvalue weighted by atomic mass is 16.5. The number of anilines is 2. The number of benzene rings is 3. The first kappa shape index (κ1) is 28.1. The van der Waals surface area contributed by atoms with E-state index in [1.54, 1.807) is 4.90 Å². The number of amides is 2. The van der Waals surface area contributed by atoms with Crippen LogP contribution in [0.3, 0.4) is 0 Å². The van der Waals surface area contributed by atoms with Gasteiger partial charge in [0.15, 0.2) is 0 Å². The zero-order chi connectivity index (χ0) is 26.3. The lowest BCUT2D eigenvalue weighted by molar-refractivity contribution is 0.203. The van der Waals surface area contributed by atoms with E-state index in [1.165, 1.54) is 0 Å². The van der Waals surface area contributed by atoms with E-state index >= 15 is 0 Å². The Balaban J connectivity index is 1.90. The number of carbonyl (C=O) groups excluding carboxylic acids is 1. The van der Waals surface area contributed by atoms with Crippen molar-refractivity contribution in [2.24, 2.45) is 0 Å². The van der Waals surface area contributed by atoms with Crippen molar-refractivity contribution in [3.05, 3.63) is 84.4 Å². The molecule has 0 saturated carbocycles. The number of urea groups is 1. The Bertz CT molecular complexity index is 982. The average molecular weight is 503 g/mol. The molecule has 0 N–H and O–H groups in total. The Labute approximate surface area is 223 Å². The summed E-state index contributed by atoms with van der Waals surface area (Å²) in [7, 11) is 0. The van der Waals surface area contributed by atoms with Crippen LogP contribution in [0.15, 0.2) is 78.9 Å². The smallest absolute Gasteiger partial charge is 0.329 e. The van der Waals surface area contributed by atoms with Gasteiger partial charge in [0, 0.05) is 13.1 Å². The zero-order valence-corrected chi connectivity index (χ0v) is 22.7. The maximum atomic E-state index is 14.1. The van der Waals surface area contributed by atoms with Crippen LogP contribution < -0.4 is 14.4 Å². The number of ether oxygens (including phenoxy) is 2. The van der Waals surface area contributed by atoms with E-state index in [-0.39, 0.29) is 6.03 Å². The molecule has 5 heteroatoms. The van der Waals surface area contributed by atoms with Crippen LogP contribution in [0, 0.1) is 0 Å². The van der Waals surface area contributed by atoms with Crippen LogP contribution in [0.5, 0.6) is 11.5 Å². The number of hydrogen-bond acceptors (Lipinski definition) is 3. The summed E-state index contributed by atoms with van der Waals surface area (Å²) in [6.07, 6.45) is 6.18. The summed E-state index contributed by atoms with van der Waals surface area (Å²) in [5, 5.41) is 0. The van der Waals surface area contributed by atoms with Crippen LogP contribution in [0.4, 0.5) is 16.2 Å². The number of nitrogens with zero attached hydrogens (tertiary/aromatic N) is 2. The van der Waals surface area contributed by atoms with Crippen molar-refractivity contribution in [2.45, 2.75) is 65.8 Å². The molecule has 0 bridgehead atoms. The molecule has 0 aliphatic heterocycles. The molecular weight excluding hydrogens is 460 g/mol. The van der Waals surface area contributed by atoms with Crippen molar-refractivity contribution in [3.63, 3.8) is 0 Å². The fourth-order valence-electron chi connectivity index (χ4n) is 3.96. The Hall–Kier alpha value is -3.47. The Morgan fingerprint density at radius 2 is 1.14 bits per heavy atom. The van der Waals surface area contributed by atoms with Crippen LogP contribution in [0.2, 0.25) is 0 Å². The Morgan fingerprint density at radius 3 is 1.59 bits per heavy atom. The second-order valence-corrected chi connectivity index (χ2v) is 9.27. The molecule has 0 aliphatic carbocycles. The van der Waals surface area contributed by atoms with Crippen molar-refractivity contribution in [1.29, 1.82) is 0 Å². The molecular formula is C32H42N2O3. The van der Waals surface area contributed by atoms with Crippen molar-refractivity contribution in [3.8, 4) is 11.5 Å². The minimum atomic E-state index is -0.0448. The third kappa shape index (κ3) is 8.85. The first-order chi connectivity index (χ1) is 18.2. The summed E-state index contributed by atoms with van der Waals surface area (Å²) in [5.41, 5.74) is 2.73. The van der Waals surface area contributed by atoms with E-state index in [2.05, 4.69) is 32.9 Å². The first-order valence-electron chi connectivity index (χ1n) is 13.7. The predicted octanol–water partition coefficient (Wildman–Crippen LogP) is 8.60. The summed E-state index contributed by atoms with van der Waals surface area (Å²) in [5.74, 6) is 1.63. The molecule has 0 aromatic heterocycles. The Morgan fingerprint density at radius 1 is 0.649 bits per heavy atom. The lowest BCUT2D eigenvalue weighted by atomic mass is 10.2. The van der Waals surface area contributed by atoms with Gasteiger partial charge in [-0.3, -0.25) is 4.90 Å². The molecule has 0 aliphatic rings. The molecule has 0 radical (unpaired) electrons. The molecule has 3 aromatic carbocycles. The standard InChI is InChI=1S/C32H42N2O3/c1-4-7-23-33(26-27-13-11-10-12-14-27)32(35)34(28-15-19-30(20-16-28)36-24-8-5-2)29-17-21-31(22-18-29)37-25-9-6-3/h10-22H,4-9,23-26H2,1-3H3. The SMILES string of the molecule is CCCCOc1ccc(N(C(=O)N(CCCC)Cc2ccccc2)c2ccc(OCCCC)cc2)cc1. The largest absolute Gasteiger partial charge is 0.494 e. The second-order valence-electron chi connectivity index (χ2n) is 9.27. The molecule has 0 spiro atoms. The van der Waals surface area contributed by atoms with Crippen LogP contribution >= 0.6 is 0 Å². The highest BCUT2D eigenvalue weighted by molar-refractivity contribution is 5.99. The van der Waals surface area contributed by atoms with Gasteiger partial charge < -0.3 is 14.4 Å². The third-order valence-electron chi connectivity index (χ3n) is 6.18. The van der Waals surface area contributed by atoms with E-state index in [9.17, 15) is 4.79 Å². The fraction of sp³-hybridized carbons (Fsp3) is 0.406. The third-order valence-corrected chi connectivity index (χ3v) is 6.18. The van der Waals surface area contributed by atoms with Gasteiger partial charge >= 0.3 is 6.03 Å². The molecule has 0 unspecified atom stereocenters. The highest BCUT2D eigenvalue weighted by Gasteiger charge is 2.24. The molecule has 37 heavy (non-hydrogen) atoms. The number of unbranched alkanes of at least 4 members (excludes halogenated alkanes) is 3. The number of hydrogen-bond donors (Lipinski definition) is 0. The highest BCUT2D eigenvalue weighted by Crippen LogP contribution is 2.31. The summed E-state index contributed by atoms with van der Waals surface area (Å²) < 4.78 is 11.7. The maximum Gasteiger partial charge on any atom is 0.329 e. The van der Waals surface area contributed by atoms with Crippen LogP contribution in [-0.2, 0) is 6.54 Å². The first-order valence-corrected chi connectivity index (χ1v) is 13.7. The van der Waals surface area contributed by atoms with Gasteiger partial charge in [-0.05, 0) is 73.4 Å². The molecule has 5 nitrogen and oxygen atoms in total. The van der Waals surface area contributed by atoms with Gasteiger partial charge in [-0.25, -0.2) is 4.79 Å². The summed E-state index contributed by atoms with van der Waals surface area (Å²) >= 11 is 0. The molecule has 198 valence electrons. The van der Waals surface area contributed by atoms with Gasteiger partial charge in [0.05, 0.1) is 24.6 Å². The topological polar surface area (TPSA) is 42.0 Å². The minimum absolute atomic E-state index is 0.0448. The van der Waals surface area contributed by atoms with Gasteiger partial charge in [0.25, 0.3) is 0 Å². The van der Waals surface area contributed by atoms with Crippen molar-refractivity contribution >= 4 is 17.4 Å². The minimum Gasteiger partial charge on any atom is -0.494 e. The van der Waals surface area contributed by atoms with Crippen LogP contribution in [0.25, 0.3) is 0 Å².